The van der Waals surface area contributed by atoms with E-state index < -0.39 is 5.54 Å². The Bertz CT molecular complexity index is 444. The van der Waals surface area contributed by atoms with Gasteiger partial charge in [-0.05, 0) is 39.2 Å². The summed E-state index contributed by atoms with van der Waals surface area (Å²) in [5, 5.41) is 12.0. The second-order valence-electron chi connectivity index (χ2n) is 6.34. The maximum atomic E-state index is 12.2. The number of hydrogen-bond acceptors (Lipinski definition) is 5. The first-order chi connectivity index (χ1) is 10.3. The number of nitrogens with one attached hydrogen (secondary N) is 1. The zero-order chi connectivity index (χ0) is 16.8. The van der Waals surface area contributed by atoms with Crippen molar-refractivity contribution in [2.24, 2.45) is 11.8 Å². The van der Waals surface area contributed by atoms with E-state index in [1.807, 2.05) is 18.7 Å². The maximum absolute atomic E-state index is 12.2. The van der Waals surface area contributed by atoms with Crippen molar-refractivity contribution in [2.75, 3.05) is 26.2 Å². The SMILES string of the molecule is CCOC(=O)[C@H]1CCCN(CC(=O)N[C@@](C)(C#N)C(C)C)C1. The fraction of sp³-hybridized carbons (Fsp3) is 0.812. The normalized spacial score (nSPS) is 21.7. The van der Waals surface area contributed by atoms with Crippen molar-refractivity contribution in [1.29, 1.82) is 5.26 Å². The van der Waals surface area contributed by atoms with E-state index in [0.717, 1.165) is 19.4 Å². The lowest BCUT2D eigenvalue weighted by Crippen LogP contribution is -2.53. The molecule has 0 aliphatic carbocycles. The van der Waals surface area contributed by atoms with Crippen molar-refractivity contribution in [3.8, 4) is 6.07 Å². The monoisotopic (exact) mass is 309 g/mol. The molecule has 2 atom stereocenters. The molecule has 1 aliphatic rings. The summed E-state index contributed by atoms with van der Waals surface area (Å²) in [6, 6.07) is 2.17. The van der Waals surface area contributed by atoms with E-state index in [1.54, 1.807) is 13.8 Å². The largest absolute Gasteiger partial charge is 0.466 e. The Hall–Kier alpha value is -1.61. The van der Waals surface area contributed by atoms with Crippen molar-refractivity contribution in [1.82, 2.24) is 10.2 Å². The highest BCUT2D eigenvalue weighted by molar-refractivity contribution is 5.79. The molecule has 124 valence electrons. The molecule has 0 unspecified atom stereocenters. The number of piperidine rings is 1. The first-order valence-electron chi connectivity index (χ1n) is 7.93. The molecule has 6 nitrogen and oxygen atoms in total. The van der Waals surface area contributed by atoms with Crippen molar-refractivity contribution in [3.05, 3.63) is 0 Å². The lowest BCUT2D eigenvalue weighted by Gasteiger charge is -2.33. The topological polar surface area (TPSA) is 82.4 Å². The van der Waals surface area contributed by atoms with Gasteiger partial charge in [0.05, 0.1) is 25.1 Å². The Kier molecular flexibility index (Phi) is 6.82. The number of ether oxygens (including phenoxy) is 1. The van der Waals surface area contributed by atoms with Crippen LogP contribution in [0.1, 0.15) is 40.5 Å². The summed E-state index contributed by atoms with van der Waals surface area (Å²) in [6.45, 7) is 9.24. The van der Waals surface area contributed by atoms with Gasteiger partial charge in [0.2, 0.25) is 5.91 Å². The molecule has 1 fully saturated rings. The predicted octanol–water partition coefficient (Wildman–Crippen LogP) is 1.32. The summed E-state index contributed by atoms with van der Waals surface area (Å²) in [7, 11) is 0. The Morgan fingerprint density at radius 1 is 1.50 bits per heavy atom. The molecule has 1 amide bonds. The third-order valence-electron chi connectivity index (χ3n) is 4.28. The van der Waals surface area contributed by atoms with Crippen LogP contribution in [-0.4, -0.2) is 48.6 Å². The number of likely N-dealkylation sites (tertiary alicyclic amines) is 1. The van der Waals surface area contributed by atoms with E-state index in [4.69, 9.17) is 4.74 Å². The van der Waals surface area contributed by atoms with Gasteiger partial charge >= 0.3 is 5.97 Å². The Morgan fingerprint density at radius 2 is 2.18 bits per heavy atom. The van der Waals surface area contributed by atoms with Gasteiger partial charge in [-0.15, -0.1) is 0 Å². The molecule has 0 radical (unpaired) electrons. The molecule has 1 saturated heterocycles. The first kappa shape index (κ1) is 18.4. The van der Waals surface area contributed by atoms with E-state index in [1.165, 1.54) is 0 Å². The van der Waals surface area contributed by atoms with Crippen LogP contribution >= 0.6 is 0 Å². The fourth-order valence-electron chi connectivity index (χ4n) is 2.49. The van der Waals surface area contributed by atoms with Crippen molar-refractivity contribution in [2.45, 2.75) is 46.1 Å². The predicted molar refractivity (Wildman–Crippen MR) is 82.8 cm³/mol. The van der Waals surface area contributed by atoms with Crippen molar-refractivity contribution < 1.29 is 14.3 Å². The molecule has 1 heterocycles. The number of carbonyl (C=O) groups excluding carboxylic acids is 2. The van der Waals surface area contributed by atoms with Gasteiger partial charge in [0, 0.05) is 6.54 Å². The summed E-state index contributed by atoms with van der Waals surface area (Å²) in [5.74, 6) is -0.497. The Balaban J connectivity index is 2.54. The molecule has 1 N–H and O–H groups in total. The van der Waals surface area contributed by atoms with Gasteiger partial charge in [0.1, 0.15) is 5.54 Å². The van der Waals surface area contributed by atoms with Crippen LogP contribution in [0.2, 0.25) is 0 Å². The molecule has 0 aromatic rings. The fourth-order valence-corrected chi connectivity index (χ4v) is 2.49. The number of rotatable bonds is 6. The van der Waals surface area contributed by atoms with Crippen LogP contribution in [0.4, 0.5) is 0 Å². The second kappa shape index (κ2) is 8.14. The smallest absolute Gasteiger partial charge is 0.310 e. The van der Waals surface area contributed by atoms with Crippen LogP contribution in [0.5, 0.6) is 0 Å². The summed E-state index contributed by atoms with van der Waals surface area (Å²) in [4.78, 5) is 25.9. The van der Waals surface area contributed by atoms with Gasteiger partial charge in [-0.3, -0.25) is 14.5 Å². The summed E-state index contributed by atoms with van der Waals surface area (Å²) in [6.07, 6.45) is 1.68. The minimum absolute atomic E-state index is 0.0232. The highest BCUT2D eigenvalue weighted by Gasteiger charge is 2.32. The van der Waals surface area contributed by atoms with Crippen molar-refractivity contribution in [3.63, 3.8) is 0 Å². The van der Waals surface area contributed by atoms with Gasteiger partial charge in [0.25, 0.3) is 0 Å². The molecular weight excluding hydrogens is 282 g/mol. The molecule has 6 heteroatoms. The molecule has 0 bridgehead atoms. The summed E-state index contributed by atoms with van der Waals surface area (Å²) < 4.78 is 5.05. The van der Waals surface area contributed by atoms with Crippen molar-refractivity contribution >= 4 is 11.9 Å². The number of amides is 1. The third-order valence-corrected chi connectivity index (χ3v) is 4.28. The maximum Gasteiger partial charge on any atom is 0.310 e. The van der Waals surface area contributed by atoms with Gasteiger partial charge in [-0.25, -0.2) is 0 Å². The summed E-state index contributed by atoms with van der Waals surface area (Å²) >= 11 is 0. The van der Waals surface area contributed by atoms with E-state index in [2.05, 4.69) is 11.4 Å². The number of nitrogens with zero attached hydrogens (tertiary/aromatic N) is 2. The average Bonchev–Trinajstić information content (AvgIpc) is 2.47. The Labute approximate surface area is 132 Å². The zero-order valence-electron chi connectivity index (χ0n) is 14.0. The quantitative estimate of drug-likeness (QED) is 0.748. The minimum Gasteiger partial charge on any atom is -0.466 e. The number of esters is 1. The average molecular weight is 309 g/mol. The van der Waals surface area contributed by atoms with E-state index in [-0.39, 0.29) is 30.3 Å². The van der Waals surface area contributed by atoms with Crippen LogP contribution in [0.25, 0.3) is 0 Å². The molecule has 0 aromatic carbocycles. The number of carbonyl (C=O) groups is 2. The molecule has 1 aliphatic heterocycles. The molecular formula is C16H27N3O3. The molecule has 0 saturated carbocycles. The highest BCUT2D eigenvalue weighted by Crippen LogP contribution is 2.18. The van der Waals surface area contributed by atoms with Crippen LogP contribution in [0.3, 0.4) is 0 Å². The lowest BCUT2D eigenvalue weighted by atomic mass is 9.90. The zero-order valence-corrected chi connectivity index (χ0v) is 14.0. The minimum atomic E-state index is -0.868. The molecule has 1 rings (SSSR count). The molecule has 0 aromatic heterocycles. The lowest BCUT2D eigenvalue weighted by molar-refractivity contribution is -0.150. The van der Waals surface area contributed by atoms with Crippen LogP contribution in [0.15, 0.2) is 0 Å². The summed E-state index contributed by atoms with van der Waals surface area (Å²) in [5.41, 5.74) is -0.868. The van der Waals surface area contributed by atoms with E-state index >= 15 is 0 Å². The molecule has 0 spiro atoms. The van der Waals surface area contributed by atoms with Crippen LogP contribution < -0.4 is 5.32 Å². The Morgan fingerprint density at radius 3 is 2.73 bits per heavy atom. The van der Waals surface area contributed by atoms with Gasteiger partial charge < -0.3 is 10.1 Å². The molecule has 22 heavy (non-hydrogen) atoms. The van der Waals surface area contributed by atoms with Gasteiger partial charge in [-0.2, -0.15) is 5.26 Å². The van der Waals surface area contributed by atoms with Crippen LogP contribution in [-0.2, 0) is 14.3 Å². The first-order valence-corrected chi connectivity index (χ1v) is 7.93. The number of hydrogen-bond donors (Lipinski definition) is 1. The van der Waals surface area contributed by atoms with Gasteiger partial charge in [0.15, 0.2) is 0 Å². The highest BCUT2D eigenvalue weighted by atomic mass is 16.5. The third kappa shape index (κ3) is 4.99. The number of nitriles is 1. The standard InChI is InChI=1S/C16H27N3O3/c1-5-22-15(21)13-7-6-8-19(9-13)10-14(20)18-16(4,11-17)12(2)3/h12-13H,5-10H2,1-4H3,(H,18,20)/t13-,16-/m0/s1. The van der Waals surface area contributed by atoms with E-state index in [9.17, 15) is 14.9 Å². The van der Waals surface area contributed by atoms with Gasteiger partial charge in [-0.1, -0.05) is 13.8 Å². The second-order valence-corrected chi connectivity index (χ2v) is 6.34. The van der Waals surface area contributed by atoms with E-state index in [0.29, 0.717) is 13.2 Å². The van der Waals surface area contributed by atoms with Crippen LogP contribution in [0, 0.1) is 23.2 Å².